The molecular weight excluding hydrogens is 305 g/mol. The SMILES string of the molecule is CCNC(=NCCC(F)(F)F)NCCc1c[nH]c2ccccc12. The Bertz CT molecular complexity index is 646. The van der Waals surface area contributed by atoms with Gasteiger partial charge >= 0.3 is 6.18 Å². The van der Waals surface area contributed by atoms with Gasteiger partial charge in [-0.1, -0.05) is 18.2 Å². The van der Waals surface area contributed by atoms with Crippen molar-refractivity contribution in [2.45, 2.75) is 25.9 Å². The topological polar surface area (TPSA) is 52.2 Å². The molecule has 23 heavy (non-hydrogen) atoms. The normalized spacial score (nSPS) is 12.6. The molecule has 1 aromatic carbocycles. The fourth-order valence-electron chi connectivity index (χ4n) is 2.29. The van der Waals surface area contributed by atoms with Crippen molar-refractivity contribution in [1.82, 2.24) is 15.6 Å². The molecule has 0 aliphatic carbocycles. The summed E-state index contributed by atoms with van der Waals surface area (Å²) >= 11 is 0. The van der Waals surface area contributed by atoms with Crippen molar-refractivity contribution in [2.75, 3.05) is 19.6 Å². The smallest absolute Gasteiger partial charge is 0.361 e. The van der Waals surface area contributed by atoms with Gasteiger partial charge in [0.25, 0.3) is 0 Å². The molecule has 126 valence electrons. The molecule has 1 aromatic heterocycles. The van der Waals surface area contributed by atoms with Crippen LogP contribution in [0.15, 0.2) is 35.5 Å². The number of nitrogens with one attached hydrogen (secondary N) is 3. The monoisotopic (exact) mass is 326 g/mol. The van der Waals surface area contributed by atoms with Gasteiger partial charge in [-0.05, 0) is 25.0 Å². The number of H-pyrrole nitrogens is 1. The van der Waals surface area contributed by atoms with Gasteiger partial charge in [-0.15, -0.1) is 0 Å². The van der Waals surface area contributed by atoms with E-state index in [0.717, 1.165) is 17.3 Å². The molecule has 4 nitrogen and oxygen atoms in total. The standard InChI is InChI=1S/C16H21F3N4/c1-2-20-15(22-10-8-16(17,18)19)21-9-7-12-11-23-14-6-4-3-5-13(12)14/h3-6,11,23H,2,7-10H2,1H3,(H2,20,21,22). The molecule has 1 heterocycles. The van der Waals surface area contributed by atoms with E-state index in [2.05, 4.69) is 20.6 Å². The lowest BCUT2D eigenvalue weighted by Crippen LogP contribution is -2.38. The number of aliphatic imine (C=N–C) groups is 1. The Morgan fingerprint density at radius 1 is 1.22 bits per heavy atom. The van der Waals surface area contributed by atoms with Gasteiger partial charge in [-0.3, -0.25) is 4.99 Å². The van der Waals surface area contributed by atoms with Gasteiger partial charge in [0, 0.05) is 30.2 Å². The lowest BCUT2D eigenvalue weighted by atomic mass is 10.1. The molecule has 3 N–H and O–H groups in total. The number of hydrogen-bond acceptors (Lipinski definition) is 1. The van der Waals surface area contributed by atoms with Crippen LogP contribution in [0.2, 0.25) is 0 Å². The summed E-state index contributed by atoms with van der Waals surface area (Å²) in [6, 6.07) is 8.01. The summed E-state index contributed by atoms with van der Waals surface area (Å²) < 4.78 is 36.5. The van der Waals surface area contributed by atoms with Gasteiger partial charge in [0.15, 0.2) is 5.96 Å². The predicted octanol–water partition coefficient (Wildman–Crippen LogP) is 3.22. The molecule has 0 radical (unpaired) electrons. The molecule has 0 unspecified atom stereocenters. The number of rotatable bonds is 6. The predicted molar refractivity (Wildman–Crippen MR) is 86.7 cm³/mol. The molecule has 0 bridgehead atoms. The van der Waals surface area contributed by atoms with E-state index in [9.17, 15) is 13.2 Å². The van der Waals surface area contributed by atoms with E-state index in [-0.39, 0.29) is 6.54 Å². The summed E-state index contributed by atoms with van der Waals surface area (Å²) in [6.45, 7) is 2.80. The number of aromatic nitrogens is 1. The quantitative estimate of drug-likeness (QED) is 0.564. The molecule has 0 spiro atoms. The molecule has 0 saturated carbocycles. The van der Waals surface area contributed by atoms with Crippen LogP contribution >= 0.6 is 0 Å². The minimum absolute atomic E-state index is 0.272. The first-order chi connectivity index (χ1) is 11.0. The van der Waals surface area contributed by atoms with Crippen molar-refractivity contribution in [3.05, 3.63) is 36.0 Å². The van der Waals surface area contributed by atoms with Crippen LogP contribution in [0.4, 0.5) is 13.2 Å². The average Bonchev–Trinajstić information content (AvgIpc) is 2.89. The Hall–Kier alpha value is -2.18. The number of benzene rings is 1. The molecule has 2 rings (SSSR count). The maximum Gasteiger partial charge on any atom is 0.390 e. The minimum atomic E-state index is -4.18. The lowest BCUT2D eigenvalue weighted by Gasteiger charge is -2.11. The van der Waals surface area contributed by atoms with Gasteiger partial charge in [0.05, 0.1) is 13.0 Å². The summed E-state index contributed by atoms with van der Waals surface area (Å²) in [5, 5.41) is 7.18. The van der Waals surface area contributed by atoms with E-state index in [4.69, 9.17) is 0 Å². The largest absolute Gasteiger partial charge is 0.390 e. The first-order valence-electron chi connectivity index (χ1n) is 7.63. The second-order valence-electron chi connectivity index (χ2n) is 5.16. The highest BCUT2D eigenvalue weighted by Gasteiger charge is 2.26. The van der Waals surface area contributed by atoms with Crippen LogP contribution in [-0.2, 0) is 6.42 Å². The third kappa shape index (κ3) is 5.50. The maximum absolute atomic E-state index is 12.2. The van der Waals surface area contributed by atoms with Crippen LogP contribution in [0.3, 0.4) is 0 Å². The molecule has 2 aromatic rings. The van der Waals surface area contributed by atoms with Crippen LogP contribution < -0.4 is 10.6 Å². The van der Waals surface area contributed by atoms with E-state index in [1.54, 1.807) is 0 Å². The highest BCUT2D eigenvalue weighted by molar-refractivity contribution is 5.83. The number of fused-ring (bicyclic) bond motifs is 1. The maximum atomic E-state index is 12.2. The first kappa shape index (κ1) is 17.2. The number of alkyl halides is 3. The van der Waals surface area contributed by atoms with Crippen molar-refractivity contribution < 1.29 is 13.2 Å². The third-order valence-corrected chi connectivity index (χ3v) is 3.37. The third-order valence-electron chi connectivity index (χ3n) is 3.37. The Morgan fingerprint density at radius 2 is 2.00 bits per heavy atom. The molecule has 0 saturated heterocycles. The van der Waals surface area contributed by atoms with Crippen molar-refractivity contribution in [3.8, 4) is 0 Å². The highest BCUT2D eigenvalue weighted by Crippen LogP contribution is 2.19. The molecular formula is C16H21F3N4. The molecule has 0 aliphatic heterocycles. The van der Waals surface area contributed by atoms with Crippen molar-refractivity contribution in [1.29, 1.82) is 0 Å². The molecule has 0 atom stereocenters. The highest BCUT2D eigenvalue weighted by atomic mass is 19.4. The van der Waals surface area contributed by atoms with E-state index in [1.165, 1.54) is 5.56 Å². The number of nitrogens with zero attached hydrogens (tertiary/aromatic N) is 1. The van der Waals surface area contributed by atoms with Gasteiger partial charge in [0.1, 0.15) is 0 Å². The van der Waals surface area contributed by atoms with Crippen molar-refractivity contribution >= 4 is 16.9 Å². The Kier molecular flexibility index (Phi) is 5.90. The first-order valence-corrected chi connectivity index (χ1v) is 7.63. The van der Waals surface area contributed by atoms with Gasteiger partial charge in [-0.25, -0.2) is 0 Å². The Labute approximate surface area is 133 Å². The summed E-state index contributed by atoms with van der Waals surface area (Å²) in [7, 11) is 0. The van der Waals surface area contributed by atoms with E-state index < -0.39 is 12.6 Å². The average molecular weight is 326 g/mol. The van der Waals surface area contributed by atoms with Crippen molar-refractivity contribution in [3.63, 3.8) is 0 Å². The van der Waals surface area contributed by atoms with Gasteiger partial charge in [0.2, 0.25) is 0 Å². The summed E-state index contributed by atoms with van der Waals surface area (Å²) in [5.41, 5.74) is 2.24. The zero-order chi connectivity index (χ0) is 16.7. The van der Waals surface area contributed by atoms with Gasteiger partial charge < -0.3 is 15.6 Å². The second kappa shape index (κ2) is 7.89. The zero-order valence-corrected chi connectivity index (χ0v) is 13.0. The molecule has 7 heteroatoms. The van der Waals surface area contributed by atoms with Crippen LogP contribution in [0.5, 0.6) is 0 Å². The molecule has 0 fully saturated rings. The lowest BCUT2D eigenvalue weighted by molar-refractivity contribution is -0.132. The van der Waals surface area contributed by atoms with E-state index in [1.807, 2.05) is 37.4 Å². The van der Waals surface area contributed by atoms with Crippen LogP contribution in [0.1, 0.15) is 18.9 Å². The molecule has 0 amide bonds. The van der Waals surface area contributed by atoms with Crippen molar-refractivity contribution in [2.24, 2.45) is 4.99 Å². The summed E-state index contributed by atoms with van der Waals surface area (Å²) in [5.74, 6) is 0.414. The number of guanidine groups is 1. The van der Waals surface area contributed by atoms with Crippen LogP contribution in [0.25, 0.3) is 10.9 Å². The zero-order valence-electron chi connectivity index (χ0n) is 13.0. The number of aromatic amines is 1. The van der Waals surface area contributed by atoms with E-state index >= 15 is 0 Å². The second-order valence-corrected chi connectivity index (χ2v) is 5.16. The number of halogens is 3. The fraction of sp³-hybridized carbons (Fsp3) is 0.438. The summed E-state index contributed by atoms with van der Waals surface area (Å²) in [6.07, 6.45) is -2.37. The number of hydrogen-bond donors (Lipinski definition) is 3. The minimum Gasteiger partial charge on any atom is -0.361 e. The van der Waals surface area contributed by atoms with Crippen LogP contribution in [-0.4, -0.2) is 36.8 Å². The summed E-state index contributed by atoms with van der Waals surface area (Å²) in [4.78, 5) is 7.15. The van der Waals surface area contributed by atoms with E-state index in [0.29, 0.717) is 19.0 Å². The fourth-order valence-corrected chi connectivity index (χ4v) is 2.29. The van der Waals surface area contributed by atoms with Gasteiger partial charge in [-0.2, -0.15) is 13.2 Å². The molecule has 0 aliphatic rings. The number of para-hydroxylation sites is 1. The Balaban J connectivity index is 1.87. The Morgan fingerprint density at radius 3 is 2.74 bits per heavy atom. The van der Waals surface area contributed by atoms with Crippen LogP contribution in [0, 0.1) is 0 Å².